The maximum atomic E-state index is 13.4. The summed E-state index contributed by atoms with van der Waals surface area (Å²) in [6.45, 7) is 5.65. The minimum atomic E-state index is -0.126. The van der Waals surface area contributed by atoms with Gasteiger partial charge in [0.1, 0.15) is 5.82 Å². The van der Waals surface area contributed by atoms with Gasteiger partial charge in [0, 0.05) is 17.6 Å². The highest BCUT2D eigenvalue weighted by Gasteiger charge is 2.11. The summed E-state index contributed by atoms with van der Waals surface area (Å²) in [5.74, 6) is -0.126. The highest BCUT2D eigenvalue weighted by atomic mass is 19.1. The number of hydrogen-bond donors (Lipinski definition) is 1. The Labute approximate surface area is 104 Å². The molecule has 96 valence electrons. The van der Waals surface area contributed by atoms with Crippen LogP contribution < -0.4 is 5.73 Å². The fourth-order valence-electron chi connectivity index (χ4n) is 1.80. The van der Waals surface area contributed by atoms with Gasteiger partial charge in [0.15, 0.2) is 0 Å². The summed E-state index contributed by atoms with van der Waals surface area (Å²) in [5.41, 5.74) is 6.56. The second-order valence-corrected chi connectivity index (χ2v) is 5.42. The Morgan fingerprint density at radius 3 is 2.53 bits per heavy atom. The third-order valence-electron chi connectivity index (χ3n) is 2.76. The third-order valence-corrected chi connectivity index (χ3v) is 2.76. The number of rotatable bonds is 6. The van der Waals surface area contributed by atoms with Crippen molar-refractivity contribution in [3.05, 3.63) is 35.6 Å². The fraction of sp³-hybridized carbons (Fsp3) is 0.571. The maximum Gasteiger partial charge on any atom is 0.127 e. The Hall–Kier alpha value is -0.930. The number of nitrogens with two attached hydrogens (primary N) is 1. The summed E-state index contributed by atoms with van der Waals surface area (Å²) in [7, 11) is 2.01. The molecule has 0 aromatic heterocycles. The van der Waals surface area contributed by atoms with Crippen molar-refractivity contribution < 1.29 is 4.39 Å². The van der Waals surface area contributed by atoms with Crippen molar-refractivity contribution in [3.63, 3.8) is 0 Å². The molecule has 0 atom stereocenters. The molecular weight excluding hydrogens is 215 g/mol. The molecule has 0 unspecified atom stereocenters. The van der Waals surface area contributed by atoms with Crippen LogP contribution in [0.15, 0.2) is 24.3 Å². The largest absolute Gasteiger partial charge is 0.326 e. The number of benzene rings is 1. The Morgan fingerprint density at radius 1 is 1.29 bits per heavy atom. The fourth-order valence-corrected chi connectivity index (χ4v) is 1.80. The van der Waals surface area contributed by atoms with Crippen LogP contribution in [0, 0.1) is 5.82 Å². The van der Waals surface area contributed by atoms with Crippen LogP contribution in [0.5, 0.6) is 0 Å². The minimum Gasteiger partial charge on any atom is -0.326 e. The molecule has 2 N–H and O–H groups in total. The normalized spacial score (nSPS) is 12.1. The first kappa shape index (κ1) is 14.1. The molecule has 0 saturated heterocycles. The molecular formula is C14H23FN2. The van der Waals surface area contributed by atoms with E-state index in [9.17, 15) is 4.39 Å². The number of nitrogens with zero attached hydrogens (tertiary/aromatic N) is 1. The van der Waals surface area contributed by atoms with Gasteiger partial charge >= 0.3 is 0 Å². The summed E-state index contributed by atoms with van der Waals surface area (Å²) in [6, 6.07) is 6.93. The zero-order valence-corrected chi connectivity index (χ0v) is 11.0. The summed E-state index contributed by atoms with van der Waals surface area (Å²) < 4.78 is 13.4. The van der Waals surface area contributed by atoms with Crippen LogP contribution in [0.3, 0.4) is 0 Å². The molecule has 2 nitrogen and oxygen atoms in total. The Balaban J connectivity index is 2.35. The standard InChI is InChI=1S/C14H23FN2/c1-14(2,16)9-6-10-17(3)11-12-7-4-5-8-13(12)15/h4-5,7-8H,6,9-11,16H2,1-3H3. The molecule has 0 spiro atoms. The predicted octanol–water partition coefficient (Wildman–Crippen LogP) is 2.78. The first-order valence-electron chi connectivity index (χ1n) is 6.09. The van der Waals surface area contributed by atoms with Crippen molar-refractivity contribution in [1.82, 2.24) is 4.90 Å². The minimum absolute atomic E-state index is 0.112. The molecule has 1 rings (SSSR count). The summed E-state index contributed by atoms with van der Waals surface area (Å²) in [5, 5.41) is 0. The lowest BCUT2D eigenvalue weighted by molar-refractivity contribution is 0.299. The SMILES string of the molecule is CN(CCCC(C)(C)N)Cc1ccccc1F. The van der Waals surface area contributed by atoms with Crippen LogP contribution in [0.4, 0.5) is 4.39 Å². The second-order valence-electron chi connectivity index (χ2n) is 5.42. The summed E-state index contributed by atoms with van der Waals surface area (Å²) in [4.78, 5) is 2.13. The molecule has 0 aliphatic carbocycles. The van der Waals surface area contributed by atoms with E-state index in [1.807, 2.05) is 33.0 Å². The van der Waals surface area contributed by atoms with E-state index < -0.39 is 0 Å². The van der Waals surface area contributed by atoms with E-state index >= 15 is 0 Å². The second kappa shape index (κ2) is 6.12. The molecule has 0 bridgehead atoms. The van der Waals surface area contributed by atoms with Gasteiger partial charge in [-0.05, 0) is 46.3 Å². The first-order chi connectivity index (χ1) is 7.88. The predicted molar refractivity (Wildman–Crippen MR) is 70.2 cm³/mol. The van der Waals surface area contributed by atoms with Gasteiger partial charge in [0.05, 0.1) is 0 Å². The van der Waals surface area contributed by atoms with Crippen molar-refractivity contribution in [3.8, 4) is 0 Å². The third kappa shape index (κ3) is 5.80. The monoisotopic (exact) mass is 238 g/mol. The Bertz CT molecular complexity index is 344. The van der Waals surface area contributed by atoms with Crippen LogP contribution in [-0.2, 0) is 6.54 Å². The molecule has 0 fully saturated rings. The molecule has 1 aromatic rings. The maximum absolute atomic E-state index is 13.4. The average Bonchev–Trinajstić information content (AvgIpc) is 2.19. The van der Waals surface area contributed by atoms with Crippen LogP contribution in [0.2, 0.25) is 0 Å². The lowest BCUT2D eigenvalue weighted by Gasteiger charge is -2.21. The topological polar surface area (TPSA) is 29.3 Å². The van der Waals surface area contributed by atoms with Crippen LogP contribution in [0.25, 0.3) is 0 Å². The summed E-state index contributed by atoms with van der Waals surface area (Å²) >= 11 is 0. The Morgan fingerprint density at radius 2 is 1.94 bits per heavy atom. The smallest absolute Gasteiger partial charge is 0.127 e. The van der Waals surface area contributed by atoms with Crippen molar-refractivity contribution in [2.45, 2.75) is 38.8 Å². The van der Waals surface area contributed by atoms with Crippen LogP contribution in [0.1, 0.15) is 32.3 Å². The lowest BCUT2D eigenvalue weighted by atomic mass is 10.00. The van der Waals surface area contributed by atoms with Crippen molar-refractivity contribution in [2.75, 3.05) is 13.6 Å². The zero-order valence-electron chi connectivity index (χ0n) is 11.0. The molecule has 0 aliphatic heterocycles. The van der Waals surface area contributed by atoms with E-state index in [4.69, 9.17) is 5.73 Å². The highest BCUT2D eigenvalue weighted by molar-refractivity contribution is 5.16. The van der Waals surface area contributed by atoms with E-state index in [-0.39, 0.29) is 11.4 Å². The van der Waals surface area contributed by atoms with Crippen LogP contribution in [-0.4, -0.2) is 24.0 Å². The average molecular weight is 238 g/mol. The van der Waals surface area contributed by atoms with E-state index in [1.54, 1.807) is 6.07 Å². The van der Waals surface area contributed by atoms with E-state index in [2.05, 4.69) is 4.90 Å². The van der Waals surface area contributed by atoms with Gasteiger partial charge in [0.25, 0.3) is 0 Å². The summed E-state index contributed by atoms with van der Waals surface area (Å²) in [6.07, 6.45) is 2.02. The number of halogens is 1. The molecule has 0 saturated carbocycles. The zero-order chi connectivity index (χ0) is 12.9. The lowest BCUT2D eigenvalue weighted by Crippen LogP contribution is -2.33. The van der Waals surface area contributed by atoms with Crippen molar-refractivity contribution in [1.29, 1.82) is 0 Å². The molecule has 1 aromatic carbocycles. The van der Waals surface area contributed by atoms with Gasteiger partial charge < -0.3 is 10.6 Å². The molecule has 0 radical (unpaired) electrons. The van der Waals surface area contributed by atoms with Gasteiger partial charge in [0.2, 0.25) is 0 Å². The van der Waals surface area contributed by atoms with Crippen molar-refractivity contribution >= 4 is 0 Å². The molecule has 0 aliphatic rings. The first-order valence-corrected chi connectivity index (χ1v) is 6.09. The Kier molecular flexibility index (Phi) is 5.09. The molecule has 0 heterocycles. The molecule has 3 heteroatoms. The molecule has 17 heavy (non-hydrogen) atoms. The highest BCUT2D eigenvalue weighted by Crippen LogP contribution is 2.11. The van der Waals surface area contributed by atoms with Gasteiger partial charge in [-0.1, -0.05) is 18.2 Å². The van der Waals surface area contributed by atoms with Crippen molar-refractivity contribution in [2.24, 2.45) is 5.73 Å². The number of hydrogen-bond acceptors (Lipinski definition) is 2. The van der Waals surface area contributed by atoms with Gasteiger partial charge in [-0.25, -0.2) is 4.39 Å². The van der Waals surface area contributed by atoms with Gasteiger partial charge in [-0.15, -0.1) is 0 Å². The van der Waals surface area contributed by atoms with E-state index in [1.165, 1.54) is 6.07 Å². The molecule has 0 amide bonds. The van der Waals surface area contributed by atoms with Crippen LogP contribution >= 0.6 is 0 Å². The quantitative estimate of drug-likeness (QED) is 0.825. The van der Waals surface area contributed by atoms with Gasteiger partial charge in [-0.2, -0.15) is 0 Å². The van der Waals surface area contributed by atoms with Gasteiger partial charge in [-0.3, -0.25) is 0 Å². The van der Waals surface area contributed by atoms with E-state index in [0.717, 1.165) is 24.9 Å². The van der Waals surface area contributed by atoms with E-state index in [0.29, 0.717) is 6.54 Å².